The van der Waals surface area contributed by atoms with Gasteiger partial charge < -0.3 is 23.5 Å². The fraction of sp³-hybridized carbons (Fsp3) is 0.409. The number of hydrogen-bond acceptors (Lipinski definition) is 7. The monoisotopic (exact) mass is 415 g/mol. The highest BCUT2D eigenvalue weighted by molar-refractivity contribution is 6.09. The first-order valence-electron chi connectivity index (χ1n) is 9.56. The highest BCUT2D eigenvalue weighted by atomic mass is 16.5. The first-order chi connectivity index (χ1) is 14.3. The Morgan fingerprint density at radius 3 is 2.13 bits per heavy atom. The number of benzene rings is 1. The van der Waals surface area contributed by atoms with Gasteiger partial charge in [0, 0.05) is 17.4 Å². The zero-order chi connectivity index (χ0) is 22.0. The number of carbonyl (C=O) groups is 3. The predicted molar refractivity (Wildman–Crippen MR) is 108 cm³/mol. The molecule has 8 heteroatoms. The molecule has 3 rings (SSSR count). The lowest BCUT2D eigenvalue weighted by Gasteiger charge is -2.10. The van der Waals surface area contributed by atoms with Crippen LogP contribution in [-0.4, -0.2) is 50.2 Å². The third-order valence-corrected chi connectivity index (χ3v) is 5.23. The second-order valence-corrected chi connectivity index (χ2v) is 7.08. The van der Waals surface area contributed by atoms with Crippen LogP contribution in [0.2, 0.25) is 0 Å². The van der Waals surface area contributed by atoms with Crippen LogP contribution in [0, 0.1) is 13.8 Å². The van der Waals surface area contributed by atoms with Crippen LogP contribution in [0.25, 0.3) is 0 Å². The van der Waals surface area contributed by atoms with E-state index in [4.69, 9.17) is 18.9 Å². The summed E-state index contributed by atoms with van der Waals surface area (Å²) in [6, 6.07) is 4.86. The third-order valence-electron chi connectivity index (χ3n) is 5.23. The second kappa shape index (κ2) is 8.61. The van der Waals surface area contributed by atoms with Crippen molar-refractivity contribution in [3.8, 4) is 11.5 Å². The van der Waals surface area contributed by atoms with Gasteiger partial charge in [0.25, 0.3) is 0 Å². The van der Waals surface area contributed by atoms with Crippen LogP contribution in [0.3, 0.4) is 0 Å². The molecule has 1 heterocycles. The number of hydrogen-bond donors (Lipinski definition) is 0. The quantitative estimate of drug-likeness (QED) is 0.482. The molecule has 0 atom stereocenters. The Labute approximate surface area is 174 Å². The molecule has 8 nitrogen and oxygen atoms in total. The Bertz CT molecular complexity index is 1000. The van der Waals surface area contributed by atoms with Crippen LogP contribution in [-0.2, 0) is 9.47 Å². The van der Waals surface area contributed by atoms with Crippen molar-refractivity contribution in [3.63, 3.8) is 0 Å². The number of nitrogens with zero attached hydrogens (tertiary/aromatic N) is 1. The molecule has 1 aromatic carbocycles. The van der Waals surface area contributed by atoms with Crippen molar-refractivity contribution >= 4 is 17.7 Å². The number of rotatable bonds is 8. The fourth-order valence-electron chi connectivity index (χ4n) is 3.68. The second-order valence-electron chi connectivity index (χ2n) is 7.08. The van der Waals surface area contributed by atoms with Crippen molar-refractivity contribution in [2.24, 2.45) is 0 Å². The molecular weight excluding hydrogens is 390 g/mol. The molecule has 30 heavy (non-hydrogen) atoms. The van der Waals surface area contributed by atoms with Gasteiger partial charge in [-0.1, -0.05) is 0 Å². The van der Waals surface area contributed by atoms with Crippen molar-refractivity contribution in [2.75, 3.05) is 27.9 Å². The molecule has 1 aromatic heterocycles. The topological polar surface area (TPSA) is 93.1 Å². The number of Topliss-reactive ketones (excluding diaryl/α,β-unsaturated/α-hetero) is 1. The van der Waals surface area contributed by atoms with E-state index >= 15 is 0 Å². The van der Waals surface area contributed by atoms with Crippen LogP contribution in [0.4, 0.5) is 0 Å². The maximum atomic E-state index is 12.9. The number of carbonyl (C=O) groups excluding carboxylic acids is 3. The minimum Gasteiger partial charge on any atom is -0.493 e. The molecule has 0 saturated heterocycles. The predicted octanol–water partition coefficient (Wildman–Crippen LogP) is 3.28. The largest absolute Gasteiger partial charge is 0.493 e. The van der Waals surface area contributed by atoms with Gasteiger partial charge in [-0.3, -0.25) is 4.79 Å². The molecule has 1 saturated carbocycles. The molecule has 0 N–H and O–H groups in total. The SMILES string of the molecule is COC(=O)c1c(C(=O)COC(=O)c2ccc(OC)c(OC)c2)c(C)n(C2CC2)c1C. The van der Waals surface area contributed by atoms with Crippen LogP contribution >= 0.6 is 0 Å². The molecule has 1 aliphatic carbocycles. The van der Waals surface area contributed by atoms with Gasteiger partial charge in [0.1, 0.15) is 0 Å². The summed E-state index contributed by atoms with van der Waals surface area (Å²) in [6.45, 7) is 3.09. The van der Waals surface area contributed by atoms with Gasteiger partial charge in [0.15, 0.2) is 18.1 Å². The average molecular weight is 415 g/mol. The zero-order valence-corrected chi connectivity index (χ0v) is 17.7. The molecule has 0 unspecified atom stereocenters. The number of ketones is 1. The summed E-state index contributed by atoms with van der Waals surface area (Å²) < 4.78 is 22.4. The van der Waals surface area contributed by atoms with Crippen molar-refractivity contribution in [2.45, 2.75) is 32.7 Å². The summed E-state index contributed by atoms with van der Waals surface area (Å²) in [7, 11) is 4.23. The van der Waals surface area contributed by atoms with Crippen LogP contribution in [0.5, 0.6) is 11.5 Å². The van der Waals surface area contributed by atoms with Gasteiger partial charge in [-0.2, -0.15) is 0 Å². The van der Waals surface area contributed by atoms with Crippen molar-refractivity contribution in [1.29, 1.82) is 0 Å². The lowest BCUT2D eigenvalue weighted by atomic mass is 10.1. The highest BCUT2D eigenvalue weighted by Gasteiger charge is 2.34. The van der Waals surface area contributed by atoms with E-state index in [0.717, 1.165) is 12.8 Å². The lowest BCUT2D eigenvalue weighted by Crippen LogP contribution is -2.18. The number of aromatic nitrogens is 1. The molecule has 0 aliphatic heterocycles. The molecule has 2 aromatic rings. The smallest absolute Gasteiger partial charge is 0.340 e. The van der Waals surface area contributed by atoms with Gasteiger partial charge in [0.05, 0.1) is 38.0 Å². The maximum Gasteiger partial charge on any atom is 0.340 e. The van der Waals surface area contributed by atoms with Gasteiger partial charge in [-0.25, -0.2) is 9.59 Å². The van der Waals surface area contributed by atoms with E-state index in [1.807, 2.05) is 4.57 Å². The normalized spacial score (nSPS) is 13.0. The molecule has 0 radical (unpaired) electrons. The van der Waals surface area contributed by atoms with E-state index < -0.39 is 24.3 Å². The highest BCUT2D eigenvalue weighted by Crippen LogP contribution is 2.40. The van der Waals surface area contributed by atoms with E-state index in [0.29, 0.717) is 22.9 Å². The Hall–Kier alpha value is -3.29. The fourth-order valence-corrected chi connectivity index (χ4v) is 3.68. The summed E-state index contributed by atoms with van der Waals surface area (Å²) in [5.41, 5.74) is 2.07. The third kappa shape index (κ3) is 3.90. The minimum atomic E-state index is -0.681. The number of methoxy groups -OCH3 is 3. The molecule has 160 valence electrons. The summed E-state index contributed by atoms with van der Waals surface area (Å²) in [6.07, 6.45) is 2.00. The summed E-state index contributed by atoms with van der Waals surface area (Å²) in [5.74, 6) is -0.867. The summed E-state index contributed by atoms with van der Waals surface area (Å²) in [4.78, 5) is 37.7. The van der Waals surface area contributed by atoms with Crippen LogP contribution in [0.1, 0.15) is 61.3 Å². The van der Waals surface area contributed by atoms with E-state index in [9.17, 15) is 14.4 Å². The van der Waals surface area contributed by atoms with Gasteiger partial charge >= 0.3 is 11.9 Å². The summed E-state index contributed by atoms with van der Waals surface area (Å²) >= 11 is 0. The number of ether oxygens (including phenoxy) is 4. The van der Waals surface area contributed by atoms with Crippen LogP contribution in [0.15, 0.2) is 18.2 Å². The van der Waals surface area contributed by atoms with Gasteiger partial charge in [0.2, 0.25) is 5.78 Å². The molecule has 0 spiro atoms. The zero-order valence-electron chi connectivity index (χ0n) is 17.7. The van der Waals surface area contributed by atoms with E-state index in [1.165, 1.54) is 33.5 Å². The van der Waals surface area contributed by atoms with Crippen molar-refractivity contribution in [3.05, 3.63) is 46.3 Å². The van der Waals surface area contributed by atoms with Crippen molar-refractivity contribution in [1.82, 2.24) is 4.57 Å². The molecule has 0 amide bonds. The van der Waals surface area contributed by atoms with Gasteiger partial charge in [-0.15, -0.1) is 0 Å². The standard InChI is InChI=1S/C22H25NO7/c1-12-19(20(22(26)29-5)13(2)23(12)15-7-8-15)16(24)11-30-21(25)14-6-9-17(27-3)18(10-14)28-4/h6,9-10,15H,7-8,11H2,1-5H3. The van der Waals surface area contributed by atoms with Gasteiger partial charge in [-0.05, 0) is 44.9 Å². The molecule has 1 aliphatic rings. The maximum absolute atomic E-state index is 12.9. The first-order valence-corrected chi connectivity index (χ1v) is 9.56. The van der Waals surface area contributed by atoms with E-state index in [2.05, 4.69) is 0 Å². The Morgan fingerprint density at radius 2 is 1.57 bits per heavy atom. The Kier molecular flexibility index (Phi) is 6.14. The number of esters is 2. The Balaban J connectivity index is 1.82. The first kappa shape index (κ1) is 21.4. The average Bonchev–Trinajstić information content (AvgIpc) is 3.55. The summed E-state index contributed by atoms with van der Waals surface area (Å²) in [5, 5.41) is 0. The molecule has 0 bridgehead atoms. The van der Waals surface area contributed by atoms with E-state index in [-0.39, 0.29) is 22.7 Å². The van der Waals surface area contributed by atoms with Crippen molar-refractivity contribution < 1.29 is 33.3 Å². The van der Waals surface area contributed by atoms with E-state index in [1.54, 1.807) is 19.9 Å². The molecular formula is C22H25NO7. The molecule has 1 fully saturated rings. The lowest BCUT2D eigenvalue weighted by molar-refractivity contribution is 0.0473. The minimum absolute atomic E-state index is 0.220. The Morgan fingerprint density at radius 1 is 0.933 bits per heavy atom. The van der Waals surface area contributed by atoms with Crippen LogP contribution < -0.4 is 9.47 Å².